The molecule has 2 atom stereocenters. The van der Waals surface area contributed by atoms with Crippen molar-refractivity contribution in [3.8, 4) is 0 Å². The monoisotopic (exact) mass is 284 g/mol. The van der Waals surface area contributed by atoms with Gasteiger partial charge in [-0.1, -0.05) is 18.5 Å². The van der Waals surface area contributed by atoms with Gasteiger partial charge in [-0.25, -0.2) is 0 Å². The van der Waals surface area contributed by atoms with Crippen molar-refractivity contribution in [2.24, 2.45) is 5.92 Å². The number of nitrogens with zero attached hydrogens (tertiary/aromatic N) is 1. The molecule has 2 aliphatic rings. The molecule has 1 aliphatic carbocycles. The second-order valence-corrected chi connectivity index (χ2v) is 5.95. The van der Waals surface area contributed by atoms with Crippen LogP contribution in [0.25, 0.3) is 0 Å². The van der Waals surface area contributed by atoms with Gasteiger partial charge in [0.1, 0.15) is 11.6 Å². The first-order valence-corrected chi connectivity index (χ1v) is 7.27. The van der Waals surface area contributed by atoms with E-state index in [2.05, 4.69) is 5.32 Å². The molecule has 5 heteroatoms. The highest BCUT2D eigenvalue weighted by Crippen LogP contribution is 2.45. The molecule has 19 heavy (non-hydrogen) atoms. The van der Waals surface area contributed by atoms with Crippen molar-refractivity contribution in [3.05, 3.63) is 11.1 Å². The number of nitrogens with one attached hydrogen (secondary N) is 1. The standard InChI is InChI=1S/C14H21ClN2O2/c1-4-11-12(18)17(8-9(2)7-15)14(3,10-5-6-10)13(19)16-11/h7,10-11H,4-6,8H2,1-3H3,(H,16,19). The molecule has 1 N–H and O–H groups in total. The van der Waals surface area contributed by atoms with E-state index in [9.17, 15) is 9.59 Å². The van der Waals surface area contributed by atoms with Gasteiger partial charge in [0.25, 0.3) is 0 Å². The third kappa shape index (κ3) is 2.38. The minimum Gasteiger partial charge on any atom is -0.342 e. The molecule has 0 aromatic rings. The fourth-order valence-corrected chi connectivity index (χ4v) is 2.83. The van der Waals surface area contributed by atoms with Gasteiger partial charge in [0, 0.05) is 12.1 Å². The van der Waals surface area contributed by atoms with Gasteiger partial charge < -0.3 is 10.2 Å². The maximum absolute atomic E-state index is 12.5. The highest BCUT2D eigenvalue weighted by Gasteiger charge is 2.56. The zero-order valence-electron chi connectivity index (χ0n) is 11.7. The molecule has 2 fully saturated rings. The van der Waals surface area contributed by atoms with Crippen LogP contribution in [-0.2, 0) is 9.59 Å². The Kier molecular flexibility index (Phi) is 3.90. The third-order valence-corrected chi connectivity index (χ3v) is 4.64. The van der Waals surface area contributed by atoms with E-state index in [1.165, 1.54) is 5.54 Å². The fraction of sp³-hybridized carbons (Fsp3) is 0.714. The van der Waals surface area contributed by atoms with Crippen LogP contribution in [0.3, 0.4) is 0 Å². The van der Waals surface area contributed by atoms with Crippen molar-refractivity contribution in [2.75, 3.05) is 6.54 Å². The van der Waals surface area contributed by atoms with Gasteiger partial charge in [0.05, 0.1) is 0 Å². The summed E-state index contributed by atoms with van der Waals surface area (Å²) in [6.45, 7) is 6.09. The Morgan fingerprint density at radius 1 is 1.53 bits per heavy atom. The summed E-state index contributed by atoms with van der Waals surface area (Å²) in [5, 5.41) is 2.87. The normalized spacial score (nSPS) is 32.5. The number of carbonyl (C=O) groups excluding carboxylic acids is 2. The van der Waals surface area contributed by atoms with Crippen molar-refractivity contribution in [1.82, 2.24) is 10.2 Å². The van der Waals surface area contributed by atoms with E-state index in [1.54, 1.807) is 4.90 Å². The highest BCUT2D eigenvalue weighted by atomic mass is 35.5. The van der Waals surface area contributed by atoms with E-state index in [1.807, 2.05) is 20.8 Å². The van der Waals surface area contributed by atoms with Crippen LogP contribution in [0.5, 0.6) is 0 Å². The maximum Gasteiger partial charge on any atom is 0.246 e. The van der Waals surface area contributed by atoms with Crippen LogP contribution in [-0.4, -0.2) is 34.8 Å². The van der Waals surface area contributed by atoms with Gasteiger partial charge in [0.15, 0.2) is 0 Å². The number of halogens is 1. The SMILES string of the molecule is CCC1NC(=O)C(C)(C2CC2)N(CC(C)=CCl)C1=O. The molecule has 0 aromatic carbocycles. The molecular formula is C14H21ClN2O2. The van der Waals surface area contributed by atoms with Crippen molar-refractivity contribution < 1.29 is 9.59 Å². The van der Waals surface area contributed by atoms with Crippen LogP contribution < -0.4 is 5.32 Å². The molecule has 2 rings (SSSR count). The molecule has 0 aromatic heterocycles. The lowest BCUT2D eigenvalue weighted by molar-refractivity contribution is -0.157. The summed E-state index contributed by atoms with van der Waals surface area (Å²) < 4.78 is 0. The number of amides is 2. The number of hydrogen-bond donors (Lipinski definition) is 1. The van der Waals surface area contributed by atoms with Gasteiger partial charge in [-0.2, -0.15) is 0 Å². The van der Waals surface area contributed by atoms with Crippen molar-refractivity contribution in [2.45, 2.75) is 51.6 Å². The average Bonchev–Trinajstić information content (AvgIpc) is 3.23. The second kappa shape index (κ2) is 5.16. The number of hydrogen-bond acceptors (Lipinski definition) is 2. The largest absolute Gasteiger partial charge is 0.342 e. The highest BCUT2D eigenvalue weighted by molar-refractivity contribution is 6.25. The molecule has 0 spiro atoms. The topological polar surface area (TPSA) is 49.4 Å². The summed E-state index contributed by atoms with van der Waals surface area (Å²) in [6.07, 6.45) is 2.63. The van der Waals surface area contributed by atoms with Crippen molar-refractivity contribution >= 4 is 23.4 Å². The van der Waals surface area contributed by atoms with Crippen LogP contribution in [0, 0.1) is 5.92 Å². The zero-order valence-corrected chi connectivity index (χ0v) is 12.5. The molecule has 1 saturated carbocycles. The van der Waals surface area contributed by atoms with Gasteiger partial charge in [-0.15, -0.1) is 0 Å². The lowest BCUT2D eigenvalue weighted by atomic mass is 9.87. The van der Waals surface area contributed by atoms with E-state index >= 15 is 0 Å². The van der Waals surface area contributed by atoms with Crippen LogP contribution >= 0.6 is 11.6 Å². The fourth-order valence-electron chi connectivity index (χ4n) is 2.76. The maximum atomic E-state index is 12.5. The minimum atomic E-state index is -0.718. The molecule has 1 heterocycles. The molecule has 106 valence electrons. The van der Waals surface area contributed by atoms with Gasteiger partial charge in [-0.3, -0.25) is 9.59 Å². The van der Waals surface area contributed by atoms with Gasteiger partial charge in [-0.05, 0) is 44.6 Å². The molecular weight excluding hydrogens is 264 g/mol. The summed E-state index contributed by atoms with van der Waals surface area (Å²) in [5.74, 6) is 0.260. The Bertz CT molecular complexity index is 431. The summed E-state index contributed by atoms with van der Waals surface area (Å²) >= 11 is 5.71. The Balaban J connectivity index is 2.33. The minimum absolute atomic E-state index is 0.00867. The summed E-state index contributed by atoms with van der Waals surface area (Å²) in [4.78, 5) is 26.7. The van der Waals surface area contributed by atoms with Crippen LogP contribution in [0.15, 0.2) is 11.1 Å². The molecule has 1 saturated heterocycles. The third-order valence-electron chi connectivity index (χ3n) is 4.26. The van der Waals surface area contributed by atoms with E-state index < -0.39 is 11.6 Å². The second-order valence-electron chi connectivity index (χ2n) is 5.74. The smallest absolute Gasteiger partial charge is 0.246 e. The lowest BCUT2D eigenvalue weighted by Crippen LogP contribution is -2.70. The Labute approximate surface area is 119 Å². The van der Waals surface area contributed by atoms with Crippen LogP contribution in [0.1, 0.15) is 40.0 Å². The Morgan fingerprint density at radius 2 is 2.16 bits per heavy atom. The molecule has 0 radical (unpaired) electrons. The van der Waals surface area contributed by atoms with E-state index in [4.69, 9.17) is 11.6 Å². The lowest BCUT2D eigenvalue weighted by Gasteiger charge is -2.46. The average molecular weight is 285 g/mol. The number of rotatable bonds is 4. The van der Waals surface area contributed by atoms with E-state index in [0.717, 1.165) is 18.4 Å². The van der Waals surface area contributed by atoms with Gasteiger partial charge >= 0.3 is 0 Å². The molecule has 4 nitrogen and oxygen atoms in total. The number of carbonyl (C=O) groups is 2. The first-order valence-electron chi connectivity index (χ1n) is 6.83. The van der Waals surface area contributed by atoms with Crippen LogP contribution in [0.4, 0.5) is 0 Å². The molecule has 2 unspecified atom stereocenters. The molecule has 0 bridgehead atoms. The predicted molar refractivity (Wildman–Crippen MR) is 74.7 cm³/mol. The van der Waals surface area contributed by atoms with Crippen molar-refractivity contribution in [3.63, 3.8) is 0 Å². The summed E-state index contributed by atoms with van der Waals surface area (Å²) in [6, 6.07) is -0.401. The quantitative estimate of drug-likeness (QED) is 0.859. The molecule has 1 aliphatic heterocycles. The Morgan fingerprint density at radius 3 is 2.63 bits per heavy atom. The first-order chi connectivity index (χ1) is 8.94. The van der Waals surface area contributed by atoms with E-state index in [0.29, 0.717) is 13.0 Å². The zero-order chi connectivity index (χ0) is 14.2. The van der Waals surface area contributed by atoms with Crippen LogP contribution in [0.2, 0.25) is 0 Å². The first kappa shape index (κ1) is 14.4. The molecule has 2 amide bonds. The number of piperazine rings is 1. The van der Waals surface area contributed by atoms with Crippen molar-refractivity contribution in [1.29, 1.82) is 0 Å². The Hall–Kier alpha value is -1.03. The summed E-state index contributed by atoms with van der Waals surface area (Å²) in [7, 11) is 0. The van der Waals surface area contributed by atoms with E-state index in [-0.39, 0.29) is 17.7 Å². The van der Waals surface area contributed by atoms with Gasteiger partial charge in [0.2, 0.25) is 11.8 Å². The summed E-state index contributed by atoms with van der Waals surface area (Å²) in [5.41, 5.74) is 1.66. The predicted octanol–water partition coefficient (Wildman–Crippen LogP) is 2.03.